The van der Waals surface area contributed by atoms with E-state index < -0.39 is 10.0 Å². The van der Waals surface area contributed by atoms with Crippen molar-refractivity contribution in [2.24, 2.45) is 5.92 Å². The van der Waals surface area contributed by atoms with Crippen molar-refractivity contribution >= 4 is 27.7 Å². The quantitative estimate of drug-likeness (QED) is 0.692. The predicted molar refractivity (Wildman–Crippen MR) is 120 cm³/mol. The Labute approximate surface area is 183 Å². The van der Waals surface area contributed by atoms with Gasteiger partial charge in [0.1, 0.15) is 0 Å². The predicted octanol–water partition coefficient (Wildman–Crippen LogP) is 3.77. The van der Waals surface area contributed by atoms with Crippen LogP contribution in [0.1, 0.15) is 36.8 Å². The largest absolute Gasteiger partial charge is 0.309 e. The first-order chi connectivity index (χ1) is 15.0. The first kappa shape index (κ1) is 21.3. The number of benzene rings is 2. The fraction of sp³-hybridized carbons (Fsp3) is 0.333. The highest BCUT2D eigenvalue weighted by molar-refractivity contribution is 7.92. The summed E-state index contributed by atoms with van der Waals surface area (Å²) in [4.78, 5) is 15.1. The first-order valence-electron chi connectivity index (χ1n) is 10.5. The molecule has 7 heteroatoms. The molecule has 0 aromatic heterocycles. The lowest BCUT2D eigenvalue weighted by Crippen LogP contribution is -2.44. The summed E-state index contributed by atoms with van der Waals surface area (Å²) >= 11 is 0. The van der Waals surface area contributed by atoms with E-state index in [1.54, 1.807) is 18.2 Å². The van der Waals surface area contributed by atoms with E-state index in [1.165, 1.54) is 9.71 Å². The van der Waals surface area contributed by atoms with Gasteiger partial charge in [0, 0.05) is 36.1 Å². The van der Waals surface area contributed by atoms with Gasteiger partial charge in [0.15, 0.2) is 0 Å². The molecule has 1 aliphatic heterocycles. The summed E-state index contributed by atoms with van der Waals surface area (Å²) in [6.07, 6.45) is 4.58. The molecule has 2 fully saturated rings. The monoisotopic (exact) mass is 435 g/mol. The molecule has 6 nitrogen and oxygen atoms in total. The van der Waals surface area contributed by atoms with E-state index >= 15 is 0 Å². The van der Waals surface area contributed by atoms with Crippen molar-refractivity contribution < 1.29 is 13.2 Å². The van der Waals surface area contributed by atoms with Crippen molar-refractivity contribution in [2.75, 3.05) is 18.0 Å². The molecule has 1 saturated heterocycles. The van der Waals surface area contributed by atoms with Crippen molar-refractivity contribution in [1.29, 1.82) is 5.26 Å². The van der Waals surface area contributed by atoms with E-state index in [1.807, 2.05) is 47.4 Å². The van der Waals surface area contributed by atoms with Crippen molar-refractivity contribution in [3.63, 3.8) is 0 Å². The second-order valence-corrected chi connectivity index (χ2v) is 9.85. The summed E-state index contributed by atoms with van der Waals surface area (Å²) in [6, 6.07) is 18.7. The topological polar surface area (TPSA) is 81.5 Å². The summed E-state index contributed by atoms with van der Waals surface area (Å²) in [6.45, 7) is 0.674. The van der Waals surface area contributed by atoms with Crippen LogP contribution in [0.2, 0.25) is 0 Å². The Kier molecular flexibility index (Phi) is 6.21. The molecule has 4 rings (SSSR count). The smallest absolute Gasteiger partial charge is 0.236 e. The summed E-state index contributed by atoms with van der Waals surface area (Å²) in [5, 5.41) is 10.3. The third-order valence-corrected chi connectivity index (χ3v) is 7.38. The number of nitriles is 1. The van der Waals surface area contributed by atoms with E-state index in [0.29, 0.717) is 31.5 Å². The van der Waals surface area contributed by atoms with Crippen molar-refractivity contribution in [1.82, 2.24) is 4.31 Å². The lowest BCUT2D eigenvalue weighted by atomic mass is 9.96. The van der Waals surface area contributed by atoms with E-state index in [9.17, 15) is 13.2 Å². The average Bonchev–Trinajstić information content (AvgIpc) is 3.64. The molecule has 2 aliphatic rings. The van der Waals surface area contributed by atoms with Crippen LogP contribution in [-0.4, -0.2) is 37.8 Å². The number of amides is 1. The molecule has 2 aromatic rings. The van der Waals surface area contributed by atoms with Gasteiger partial charge in [-0.15, -0.1) is 0 Å². The normalized spacial score (nSPS) is 18.0. The Morgan fingerprint density at radius 2 is 1.65 bits per heavy atom. The lowest BCUT2D eigenvalue weighted by molar-refractivity contribution is -0.123. The van der Waals surface area contributed by atoms with Gasteiger partial charge in [-0.05, 0) is 61.6 Å². The van der Waals surface area contributed by atoms with Crippen molar-refractivity contribution in [2.45, 2.75) is 31.7 Å². The highest BCUT2D eigenvalue weighted by Gasteiger charge is 2.39. The van der Waals surface area contributed by atoms with Crippen LogP contribution >= 0.6 is 0 Å². The minimum Gasteiger partial charge on any atom is -0.309 e. The molecule has 31 heavy (non-hydrogen) atoms. The van der Waals surface area contributed by atoms with Gasteiger partial charge in [-0.25, -0.2) is 8.42 Å². The van der Waals surface area contributed by atoms with Crippen LogP contribution in [0, 0.1) is 17.2 Å². The zero-order valence-electron chi connectivity index (χ0n) is 17.2. The number of hydrogen-bond acceptors (Lipinski definition) is 4. The number of nitrogens with zero attached hydrogens (tertiary/aromatic N) is 3. The van der Waals surface area contributed by atoms with Crippen LogP contribution in [-0.2, 0) is 14.8 Å². The average molecular weight is 436 g/mol. The maximum Gasteiger partial charge on any atom is 0.236 e. The maximum absolute atomic E-state index is 13.3. The van der Waals surface area contributed by atoms with Crippen LogP contribution in [0.25, 0.3) is 6.08 Å². The van der Waals surface area contributed by atoms with Gasteiger partial charge in [0.25, 0.3) is 0 Å². The van der Waals surface area contributed by atoms with E-state index in [4.69, 9.17) is 5.26 Å². The minimum absolute atomic E-state index is 0.0593. The summed E-state index contributed by atoms with van der Waals surface area (Å²) in [5.74, 6) is -0.134. The number of anilines is 1. The number of carbonyl (C=O) groups excluding carboxylic acids is 1. The Hall–Kier alpha value is -2.95. The zero-order chi connectivity index (χ0) is 21.8. The second-order valence-electron chi connectivity index (χ2n) is 8.03. The van der Waals surface area contributed by atoms with Gasteiger partial charge in [-0.3, -0.25) is 4.79 Å². The molecule has 160 valence electrons. The highest BCUT2D eigenvalue weighted by Crippen LogP contribution is 2.35. The SMILES string of the molecule is N#Cc1ccc(N(C(=O)C2CCN(S(=O)(=O)C=Cc3ccccc3)CC2)C2CC2)cc1. The molecule has 0 N–H and O–H groups in total. The Morgan fingerprint density at radius 3 is 2.23 bits per heavy atom. The Morgan fingerprint density at radius 1 is 1.00 bits per heavy atom. The van der Waals surface area contributed by atoms with Gasteiger partial charge in [-0.1, -0.05) is 30.3 Å². The molecular weight excluding hydrogens is 410 g/mol. The lowest BCUT2D eigenvalue weighted by Gasteiger charge is -2.33. The van der Waals surface area contributed by atoms with Gasteiger partial charge < -0.3 is 4.90 Å². The number of rotatable bonds is 6. The molecule has 1 aliphatic carbocycles. The van der Waals surface area contributed by atoms with Gasteiger partial charge in [0.05, 0.1) is 11.6 Å². The Balaban J connectivity index is 1.40. The minimum atomic E-state index is -3.52. The summed E-state index contributed by atoms with van der Waals surface area (Å²) < 4.78 is 26.8. The number of piperidine rings is 1. The molecule has 0 spiro atoms. The summed E-state index contributed by atoms with van der Waals surface area (Å²) in [7, 11) is -3.52. The van der Waals surface area contributed by atoms with Gasteiger partial charge in [-0.2, -0.15) is 9.57 Å². The molecule has 2 aromatic carbocycles. The van der Waals surface area contributed by atoms with Crippen molar-refractivity contribution in [3.05, 3.63) is 71.1 Å². The number of hydrogen-bond donors (Lipinski definition) is 0. The highest BCUT2D eigenvalue weighted by atomic mass is 32.2. The molecule has 0 radical (unpaired) electrons. The maximum atomic E-state index is 13.3. The van der Waals surface area contributed by atoms with Crippen LogP contribution in [0.4, 0.5) is 5.69 Å². The van der Waals surface area contributed by atoms with Gasteiger partial charge in [0.2, 0.25) is 15.9 Å². The van der Waals surface area contributed by atoms with Crippen LogP contribution in [0.5, 0.6) is 0 Å². The summed E-state index contributed by atoms with van der Waals surface area (Å²) in [5.41, 5.74) is 2.21. The van der Waals surface area contributed by atoms with Crippen LogP contribution in [0.15, 0.2) is 60.0 Å². The van der Waals surface area contributed by atoms with Crippen LogP contribution in [0.3, 0.4) is 0 Å². The van der Waals surface area contributed by atoms with Gasteiger partial charge >= 0.3 is 0 Å². The molecule has 0 atom stereocenters. The Bertz CT molecular complexity index is 1090. The molecule has 0 unspecified atom stereocenters. The van der Waals surface area contributed by atoms with Crippen LogP contribution < -0.4 is 4.90 Å². The van der Waals surface area contributed by atoms with Crippen molar-refractivity contribution in [3.8, 4) is 6.07 Å². The molecule has 1 saturated carbocycles. The molecular formula is C24H25N3O3S. The molecule has 1 heterocycles. The third kappa shape index (κ3) is 5.04. The third-order valence-electron chi connectivity index (χ3n) is 5.82. The number of carbonyl (C=O) groups is 1. The first-order valence-corrected chi connectivity index (χ1v) is 12.0. The van der Waals surface area contributed by atoms with E-state index in [0.717, 1.165) is 24.1 Å². The fourth-order valence-corrected chi connectivity index (χ4v) is 5.14. The molecule has 0 bridgehead atoms. The standard InChI is InChI=1S/C24H25N3O3S/c25-18-20-6-8-22(9-7-20)27(23-10-11-23)24(28)21-12-15-26(16-13-21)31(29,30)17-14-19-4-2-1-3-5-19/h1-9,14,17,21,23H,10-13,15-16H2. The van der Waals surface area contributed by atoms with E-state index in [2.05, 4.69) is 6.07 Å². The fourth-order valence-electron chi connectivity index (χ4n) is 3.92. The van der Waals surface area contributed by atoms with E-state index in [-0.39, 0.29) is 17.9 Å². The number of sulfonamides is 1. The zero-order valence-corrected chi connectivity index (χ0v) is 18.0. The molecule has 1 amide bonds. The second kappa shape index (κ2) is 9.04.